The van der Waals surface area contributed by atoms with E-state index in [0.717, 1.165) is 0 Å². The number of fused-ring (bicyclic) bond motifs is 1. The first-order valence-corrected chi connectivity index (χ1v) is 5.71. The first kappa shape index (κ1) is 12.5. The van der Waals surface area contributed by atoms with Crippen molar-refractivity contribution in [3.63, 3.8) is 0 Å². The van der Waals surface area contributed by atoms with Gasteiger partial charge in [0.2, 0.25) is 5.91 Å². The Bertz CT molecular complexity index is 635. The second-order valence-corrected chi connectivity index (χ2v) is 4.89. The van der Waals surface area contributed by atoms with Gasteiger partial charge in [-0.15, -0.1) is 0 Å². The van der Waals surface area contributed by atoms with Gasteiger partial charge in [0.15, 0.2) is 5.82 Å². The summed E-state index contributed by atoms with van der Waals surface area (Å²) in [5, 5.41) is 1.10. The molecule has 0 aliphatic carbocycles. The van der Waals surface area contributed by atoms with Crippen LogP contribution in [0.3, 0.4) is 0 Å². The maximum atomic E-state index is 14.0. The Labute approximate surface area is 105 Å². The molecule has 2 rings (SSSR count). The zero-order valence-electron chi connectivity index (χ0n) is 10.6. The number of hydrogen-bond acceptors (Lipinski definition) is 2. The van der Waals surface area contributed by atoms with E-state index < -0.39 is 11.3 Å². The number of rotatable bonds is 2. The average Bonchev–Trinajstić information content (AvgIpc) is 2.33. The molecule has 1 aromatic heterocycles. The minimum Gasteiger partial charge on any atom is -0.369 e. The second kappa shape index (κ2) is 4.05. The van der Waals surface area contributed by atoms with Crippen LogP contribution in [0.1, 0.15) is 25.2 Å². The van der Waals surface area contributed by atoms with E-state index in [1.54, 1.807) is 45.0 Å². The number of aromatic nitrogens is 1. The largest absolute Gasteiger partial charge is 0.369 e. The fraction of sp³-hybridized carbons (Fsp3) is 0.286. The molecule has 2 aromatic rings. The molecule has 0 unspecified atom stereocenters. The van der Waals surface area contributed by atoms with Crippen LogP contribution in [0, 0.1) is 12.7 Å². The standard InChI is InChI=1S/C14H15FN2O/c1-8-11(15)9-6-4-5-7-10(9)12(17-8)14(2,3)13(16)18/h4-7H,1-3H3,(H2,16,18). The number of primary amides is 1. The van der Waals surface area contributed by atoms with E-state index >= 15 is 0 Å². The highest BCUT2D eigenvalue weighted by molar-refractivity contribution is 5.93. The van der Waals surface area contributed by atoms with E-state index in [2.05, 4.69) is 4.98 Å². The number of carbonyl (C=O) groups excluding carboxylic acids is 1. The van der Waals surface area contributed by atoms with E-state index in [1.807, 2.05) is 0 Å². The molecule has 0 aliphatic rings. The molecule has 0 saturated carbocycles. The highest BCUT2D eigenvalue weighted by Gasteiger charge is 2.31. The van der Waals surface area contributed by atoms with Crippen LogP contribution in [0.4, 0.5) is 4.39 Å². The summed E-state index contributed by atoms with van der Waals surface area (Å²) in [4.78, 5) is 15.8. The van der Waals surface area contributed by atoms with Crippen molar-refractivity contribution in [1.29, 1.82) is 0 Å². The van der Waals surface area contributed by atoms with Crippen molar-refractivity contribution < 1.29 is 9.18 Å². The van der Waals surface area contributed by atoms with Crippen molar-refractivity contribution in [2.45, 2.75) is 26.2 Å². The number of nitrogens with two attached hydrogens (primary N) is 1. The van der Waals surface area contributed by atoms with Crippen LogP contribution in [0.2, 0.25) is 0 Å². The topological polar surface area (TPSA) is 56.0 Å². The summed E-state index contributed by atoms with van der Waals surface area (Å²) in [7, 11) is 0. The molecule has 1 amide bonds. The highest BCUT2D eigenvalue weighted by atomic mass is 19.1. The van der Waals surface area contributed by atoms with Gasteiger partial charge in [-0.05, 0) is 20.8 Å². The Kier molecular flexibility index (Phi) is 2.81. The lowest BCUT2D eigenvalue weighted by Crippen LogP contribution is -2.36. The third-order valence-electron chi connectivity index (χ3n) is 3.22. The predicted octanol–water partition coefficient (Wildman–Crippen LogP) is 2.45. The molecule has 0 radical (unpaired) electrons. The van der Waals surface area contributed by atoms with Crippen molar-refractivity contribution >= 4 is 16.7 Å². The van der Waals surface area contributed by atoms with E-state index in [9.17, 15) is 9.18 Å². The molecule has 1 aromatic carbocycles. The molecule has 18 heavy (non-hydrogen) atoms. The minimum atomic E-state index is -0.932. The normalized spacial score (nSPS) is 11.8. The maximum absolute atomic E-state index is 14.0. The molecule has 1 heterocycles. The van der Waals surface area contributed by atoms with Crippen LogP contribution in [0.15, 0.2) is 24.3 Å². The molecule has 0 bridgehead atoms. The van der Waals surface area contributed by atoms with Crippen LogP contribution >= 0.6 is 0 Å². The number of hydrogen-bond donors (Lipinski definition) is 1. The van der Waals surface area contributed by atoms with Crippen LogP contribution in [-0.4, -0.2) is 10.9 Å². The van der Waals surface area contributed by atoms with Crippen molar-refractivity contribution in [2.75, 3.05) is 0 Å². The second-order valence-electron chi connectivity index (χ2n) is 4.89. The number of aryl methyl sites for hydroxylation is 1. The van der Waals surface area contributed by atoms with E-state index in [0.29, 0.717) is 16.5 Å². The van der Waals surface area contributed by atoms with Gasteiger partial charge < -0.3 is 5.73 Å². The van der Waals surface area contributed by atoms with Crippen molar-refractivity contribution in [3.05, 3.63) is 41.5 Å². The molecule has 0 aliphatic heterocycles. The fourth-order valence-corrected chi connectivity index (χ4v) is 1.95. The summed E-state index contributed by atoms with van der Waals surface area (Å²) >= 11 is 0. The third-order valence-corrected chi connectivity index (χ3v) is 3.22. The van der Waals surface area contributed by atoms with Crippen molar-refractivity contribution in [1.82, 2.24) is 4.98 Å². The fourth-order valence-electron chi connectivity index (χ4n) is 1.95. The van der Waals surface area contributed by atoms with Crippen molar-refractivity contribution in [2.24, 2.45) is 5.73 Å². The van der Waals surface area contributed by atoms with Gasteiger partial charge in [0, 0.05) is 10.8 Å². The Morgan fingerprint density at radius 2 is 1.83 bits per heavy atom. The number of nitrogens with zero attached hydrogens (tertiary/aromatic N) is 1. The molecule has 0 atom stereocenters. The number of amides is 1. The van der Waals surface area contributed by atoms with E-state index in [-0.39, 0.29) is 11.5 Å². The van der Waals surface area contributed by atoms with Crippen LogP contribution in [0.25, 0.3) is 10.8 Å². The molecule has 3 nitrogen and oxygen atoms in total. The summed E-state index contributed by atoms with van der Waals surface area (Å²) in [5.41, 5.74) is 5.27. The summed E-state index contributed by atoms with van der Waals surface area (Å²) in [6, 6.07) is 6.98. The van der Waals surface area contributed by atoms with Gasteiger partial charge in [0.1, 0.15) is 0 Å². The Morgan fingerprint density at radius 3 is 2.39 bits per heavy atom. The molecule has 0 saturated heterocycles. The molecule has 0 spiro atoms. The van der Waals surface area contributed by atoms with Crippen LogP contribution < -0.4 is 5.73 Å². The number of halogens is 1. The quantitative estimate of drug-likeness (QED) is 0.884. The highest BCUT2D eigenvalue weighted by Crippen LogP contribution is 2.30. The van der Waals surface area contributed by atoms with E-state index in [1.165, 1.54) is 0 Å². The first-order chi connectivity index (χ1) is 8.35. The third kappa shape index (κ3) is 1.74. The molecule has 94 valence electrons. The lowest BCUT2D eigenvalue weighted by Gasteiger charge is -2.22. The smallest absolute Gasteiger partial charge is 0.229 e. The number of pyridine rings is 1. The predicted molar refractivity (Wildman–Crippen MR) is 68.7 cm³/mol. The molecular formula is C14H15FN2O. The Balaban J connectivity index is 2.88. The molecule has 2 N–H and O–H groups in total. The van der Waals surface area contributed by atoms with E-state index in [4.69, 9.17) is 5.73 Å². The summed E-state index contributed by atoms with van der Waals surface area (Å²) in [6.07, 6.45) is 0. The minimum absolute atomic E-state index is 0.276. The van der Waals surface area contributed by atoms with Crippen LogP contribution in [-0.2, 0) is 10.2 Å². The summed E-state index contributed by atoms with van der Waals surface area (Å²) in [6.45, 7) is 4.98. The zero-order valence-corrected chi connectivity index (χ0v) is 10.6. The van der Waals surface area contributed by atoms with Gasteiger partial charge >= 0.3 is 0 Å². The lowest BCUT2D eigenvalue weighted by atomic mass is 9.85. The first-order valence-electron chi connectivity index (χ1n) is 5.71. The Hall–Kier alpha value is -1.97. The number of benzene rings is 1. The van der Waals surface area contributed by atoms with Crippen LogP contribution in [0.5, 0.6) is 0 Å². The van der Waals surface area contributed by atoms with Gasteiger partial charge in [-0.2, -0.15) is 0 Å². The number of carbonyl (C=O) groups is 1. The van der Waals surface area contributed by atoms with Gasteiger partial charge in [0.05, 0.1) is 16.8 Å². The Morgan fingerprint density at radius 1 is 1.28 bits per heavy atom. The zero-order chi connectivity index (χ0) is 13.5. The monoisotopic (exact) mass is 246 g/mol. The maximum Gasteiger partial charge on any atom is 0.229 e. The molecular weight excluding hydrogens is 231 g/mol. The average molecular weight is 246 g/mol. The molecule has 0 fully saturated rings. The van der Waals surface area contributed by atoms with Gasteiger partial charge in [-0.25, -0.2) is 4.39 Å². The van der Waals surface area contributed by atoms with Gasteiger partial charge in [-0.3, -0.25) is 9.78 Å². The van der Waals surface area contributed by atoms with Gasteiger partial charge in [0.25, 0.3) is 0 Å². The summed E-state index contributed by atoms with van der Waals surface area (Å²) < 4.78 is 14.0. The molecule has 4 heteroatoms. The SMILES string of the molecule is Cc1nc(C(C)(C)C(N)=O)c2ccccc2c1F. The van der Waals surface area contributed by atoms with Gasteiger partial charge in [-0.1, -0.05) is 24.3 Å². The summed E-state index contributed by atoms with van der Waals surface area (Å²) in [5.74, 6) is -0.833. The van der Waals surface area contributed by atoms with Crippen molar-refractivity contribution in [3.8, 4) is 0 Å². The lowest BCUT2D eigenvalue weighted by molar-refractivity contribution is -0.122.